The van der Waals surface area contributed by atoms with Crippen molar-refractivity contribution in [2.45, 2.75) is 51.3 Å². The number of anilines is 1. The highest BCUT2D eigenvalue weighted by Crippen LogP contribution is 2.32. The molecule has 0 saturated heterocycles. The van der Waals surface area contributed by atoms with Gasteiger partial charge in [0.2, 0.25) is 5.91 Å². The van der Waals surface area contributed by atoms with Crippen molar-refractivity contribution in [1.29, 1.82) is 0 Å². The Hall–Kier alpha value is -1.01. The molecule has 0 aliphatic heterocycles. The summed E-state index contributed by atoms with van der Waals surface area (Å²) in [4.78, 5) is 14.4. The number of likely N-dealkylation sites (N-methyl/N-ethyl adjacent to an activating group) is 1. The molecule has 1 aromatic rings. The molecule has 2 rings (SSSR count). The monoisotopic (exact) mass is 310 g/mol. The third-order valence-corrected chi connectivity index (χ3v) is 5.40. The van der Waals surface area contributed by atoms with Crippen molar-refractivity contribution in [3.05, 3.63) is 11.4 Å². The van der Waals surface area contributed by atoms with Gasteiger partial charge < -0.3 is 5.32 Å². The fourth-order valence-electron chi connectivity index (χ4n) is 2.97. The van der Waals surface area contributed by atoms with E-state index in [0.29, 0.717) is 12.6 Å². The molecule has 2 atom stereocenters. The van der Waals surface area contributed by atoms with Gasteiger partial charge in [-0.25, -0.2) is 0 Å². The predicted molar refractivity (Wildman–Crippen MR) is 88.9 cm³/mol. The summed E-state index contributed by atoms with van der Waals surface area (Å²) in [5.74, 6) is 1.22. The number of carbonyl (C=O) groups excluding carboxylic acids is 1. The van der Waals surface area contributed by atoms with E-state index < -0.39 is 0 Å². The smallest absolute Gasteiger partial charge is 0.238 e. The van der Waals surface area contributed by atoms with E-state index in [-0.39, 0.29) is 5.91 Å². The van der Waals surface area contributed by atoms with Gasteiger partial charge >= 0.3 is 0 Å². The number of aromatic nitrogens is 2. The second-order valence-corrected chi connectivity index (χ2v) is 7.39. The SMILES string of the molecule is CCS[C@H]1CC[C@@H](N(C)CC(=O)Nc2c(C)n[nH]c2C)C1. The Bertz CT molecular complexity index is 469. The zero-order valence-electron chi connectivity index (χ0n) is 13.4. The molecule has 1 fully saturated rings. The molecule has 1 aliphatic rings. The van der Waals surface area contributed by atoms with E-state index in [2.05, 4.69) is 34.4 Å². The summed E-state index contributed by atoms with van der Waals surface area (Å²) >= 11 is 2.05. The van der Waals surface area contributed by atoms with Crippen LogP contribution in [0.5, 0.6) is 0 Å². The maximum atomic E-state index is 12.2. The lowest BCUT2D eigenvalue weighted by molar-refractivity contribution is -0.117. The Morgan fingerprint density at radius 2 is 2.24 bits per heavy atom. The zero-order chi connectivity index (χ0) is 15.4. The van der Waals surface area contributed by atoms with Crippen molar-refractivity contribution in [1.82, 2.24) is 15.1 Å². The van der Waals surface area contributed by atoms with Gasteiger partial charge in [0, 0.05) is 11.3 Å². The number of H-pyrrole nitrogens is 1. The molecule has 1 amide bonds. The molecule has 1 saturated carbocycles. The van der Waals surface area contributed by atoms with Crippen LogP contribution < -0.4 is 5.32 Å². The fraction of sp³-hybridized carbons (Fsp3) is 0.733. The Labute approximate surface area is 131 Å². The molecule has 0 unspecified atom stereocenters. The van der Waals surface area contributed by atoms with Gasteiger partial charge in [0.1, 0.15) is 0 Å². The van der Waals surface area contributed by atoms with Crippen LogP contribution in [0.15, 0.2) is 0 Å². The fourth-order valence-corrected chi connectivity index (χ4v) is 4.11. The van der Waals surface area contributed by atoms with Crippen LogP contribution in [0, 0.1) is 13.8 Å². The van der Waals surface area contributed by atoms with E-state index in [0.717, 1.165) is 22.3 Å². The molecule has 118 valence electrons. The number of aromatic amines is 1. The third-order valence-electron chi connectivity index (χ3n) is 4.17. The molecular formula is C15H26N4OS. The lowest BCUT2D eigenvalue weighted by Crippen LogP contribution is -2.37. The number of nitrogens with one attached hydrogen (secondary N) is 2. The predicted octanol–water partition coefficient (Wildman–Crippen LogP) is 2.57. The summed E-state index contributed by atoms with van der Waals surface area (Å²) < 4.78 is 0. The average Bonchev–Trinajstić information content (AvgIpc) is 3.01. The van der Waals surface area contributed by atoms with Gasteiger partial charge in [0.25, 0.3) is 0 Å². The zero-order valence-corrected chi connectivity index (χ0v) is 14.2. The van der Waals surface area contributed by atoms with Gasteiger partial charge in [0.05, 0.1) is 23.6 Å². The van der Waals surface area contributed by atoms with Gasteiger partial charge in [-0.2, -0.15) is 16.9 Å². The van der Waals surface area contributed by atoms with Crippen molar-refractivity contribution < 1.29 is 4.79 Å². The minimum Gasteiger partial charge on any atom is -0.322 e. The first-order valence-electron chi connectivity index (χ1n) is 7.64. The molecule has 2 N–H and O–H groups in total. The number of hydrogen-bond donors (Lipinski definition) is 2. The number of aryl methyl sites for hydroxylation is 2. The molecular weight excluding hydrogens is 284 g/mol. The molecule has 6 heteroatoms. The highest BCUT2D eigenvalue weighted by atomic mass is 32.2. The summed E-state index contributed by atoms with van der Waals surface area (Å²) in [6.07, 6.45) is 3.67. The van der Waals surface area contributed by atoms with Crippen LogP contribution in [-0.2, 0) is 4.79 Å². The largest absolute Gasteiger partial charge is 0.322 e. The first-order valence-corrected chi connectivity index (χ1v) is 8.69. The highest BCUT2D eigenvalue weighted by Gasteiger charge is 2.28. The summed E-state index contributed by atoms with van der Waals surface area (Å²) in [6, 6.07) is 0.534. The number of thioether (sulfide) groups is 1. The maximum Gasteiger partial charge on any atom is 0.238 e. The van der Waals surface area contributed by atoms with E-state index >= 15 is 0 Å². The molecule has 21 heavy (non-hydrogen) atoms. The number of nitrogens with zero attached hydrogens (tertiary/aromatic N) is 2. The highest BCUT2D eigenvalue weighted by molar-refractivity contribution is 7.99. The molecule has 1 aliphatic carbocycles. The van der Waals surface area contributed by atoms with E-state index in [1.807, 2.05) is 25.6 Å². The van der Waals surface area contributed by atoms with Crippen LogP contribution in [-0.4, -0.2) is 51.6 Å². The van der Waals surface area contributed by atoms with Crippen molar-refractivity contribution in [2.24, 2.45) is 0 Å². The van der Waals surface area contributed by atoms with Crippen LogP contribution in [0.4, 0.5) is 5.69 Å². The quantitative estimate of drug-likeness (QED) is 0.848. The Balaban J connectivity index is 1.83. The standard InChI is InChI=1S/C15H26N4OS/c1-5-21-13-7-6-12(8-13)19(4)9-14(20)16-15-10(2)17-18-11(15)3/h12-13H,5-9H2,1-4H3,(H,16,20)(H,17,18)/t12-,13+/m1/s1. The summed E-state index contributed by atoms with van der Waals surface area (Å²) in [6.45, 7) is 6.47. The topological polar surface area (TPSA) is 61.0 Å². The lowest BCUT2D eigenvalue weighted by Gasteiger charge is -2.23. The number of amides is 1. The lowest BCUT2D eigenvalue weighted by atomic mass is 10.2. The minimum absolute atomic E-state index is 0.0386. The number of carbonyl (C=O) groups is 1. The van der Waals surface area contributed by atoms with Crippen LogP contribution in [0.2, 0.25) is 0 Å². The molecule has 5 nitrogen and oxygen atoms in total. The van der Waals surface area contributed by atoms with E-state index in [4.69, 9.17) is 0 Å². The van der Waals surface area contributed by atoms with Crippen molar-refractivity contribution in [2.75, 3.05) is 24.7 Å². The normalized spacial score (nSPS) is 22.0. The summed E-state index contributed by atoms with van der Waals surface area (Å²) in [5, 5.41) is 10.7. The van der Waals surface area contributed by atoms with Gasteiger partial charge in [0.15, 0.2) is 0 Å². The molecule has 1 heterocycles. The molecule has 0 aromatic carbocycles. The van der Waals surface area contributed by atoms with E-state index in [9.17, 15) is 4.79 Å². The maximum absolute atomic E-state index is 12.2. The first kappa shape index (κ1) is 16.4. The Morgan fingerprint density at radius 1 is 1.48 bits per heavy atom. The summed E-state index contributed by atoms with van der Waals surface area (Å²) in [7, 11) is 2.05. The third kappa shape index (κ3) is 4.23. The molecule has 1 aromatic heterocycles. The second-order valence-electron chi connectivity index (χ2n) is 5.82. The van der Waals surface area contributed by atoms with Crippen molar-refractivity contribution in [3.63, 3.8) is 0 Å². The van der Waals surface area contributed by atoms with E-state index in [1.165, 1.54) is 25.0 Å². The first-order chi connectivity index (χ1) is 10.0. The van der Waals surface area contributed by atoms with Gasteiger partial charge in [-0.3, -0.25) is 14.8 Å². The minimum atomic E-state index is 0.0386. The van der Waals surface area contributed by atoms with Crippen LogP contribution in [0.3, 0.4) is 0 Å². The van der Waals surface area contributed by atoms with Gasteiger partial charge in [-0.1, -0.05) is 6.92 Å². The number of rotatable bonds is 6. The Kier molecular flexibility index (Phi) is 5.70. The van der Waals surface area contributed by atoms with Crippen molar-refractivity contribution in [3.8, 4) is 0 Å². The summed E-state index contributed by atoms with van der Waals surface area (Å²) in [5.41, 5.74) is 2.56. The van der Waals surface area contributed by atoms with Crippen molar-refractivity contribution >= 4 is 23.4 Å². The van der Waals surface area contributed by atoms with Crippen LogP contribution >= 0.6 is 11.8 Å². The van der Waals surface area contributed by atoms with Crippen LogP contribution in [0.1, 0.15) is 37.6 Å². The number of hydrogen-bond acceptors (Lipinski definition) is 4. The molecule has 0 bridgehead atoms. The molecule has 0 spiro atoms. The van der Waals surface area contributed by atoms with Gasteiger partial charge in [-0.05, 0) is 45.9 Å². The van der Waals surface area contributed by atoms with Crippen LogP contribution in [0.25, 0.3) is 0 Å². The molecule has 0 radical (unpaired) electrons. The van der Waals surface area contributed by atoms with E-state index in [1.54, 1.807) is 0 Å². The average molecular weight is 310 g/mol. The van der Waals surface area contributed by atoms with Gasteiger partial charge in [-0.15, -0.1) is 0 Å². The second kappa shape index (κ2) is 7.31. The Morgan fingerprint density at radius 3 is 2.86 bits per heavy atom.